The maximum Gasteiger partial charge on any atom is 0.264 e. The van der Waals surface area contributed by atoms with Gasteiger partial charge in [-0.2, -0.15) is 0 Å². The van der Waals surface area contributed by atoms with Crippen molar-refractivity contribution in [1.29, 1.82) is 0 Å². The highest BCUT2D eigenvalue weighted by Gasteiger charge is 2.23. The largest absolute Gasteiger partial charge is 0.321 e. The highest BCUT2D eigenvalue weighted by Crippen LogP contribution is 2.26. The van der Waals surface area contributed by atoms with E-state index in [-0.39, 0.29) is 11.7 Å². The van der Waals surface area contributed by atoms with E-state index < -0.39 is 0 Å². The number of nitrogens with zero attached hydrogens (tertiary/aromatic N) is 2. The summed E-state index contributed by atoms with van der Waals surface area (Å²) < 4.78 is 15.4. The molecule has 1 fully saturated rings. The van der Waals surface area contributed by atoms with Crippen LogP contribution in [0.25, 0.3) is 11.8 Å². The van der Waals surface area contributed by atoms with Gasteiger partial charge < -0.3 is 9.88 Å². The van der Waals surface area contributed by atoms with E-state index in [9.17, 15) is 9.18 Å². The van der Waals surface area contributed by atoms with Gasteiger partial charge in [-0.1, -0.05) is 12.1 Å². The Balaban J connectivity index is 1.90. The van der Waals surface area contributed by atoms with E-state index in [1.54, 1.807) is 48.3 Å². The number of para-hydroxylation sites is 1. The predicted octanol–water partition coefficient (Wildman–Crippen LogP) is 2.81. The average Bonchev–Trinajstić information content (AvgIpc) is 3.07. The fourth-order valence-corrected chi connectivity index (χ4v) is 2.77. The lowest BCUT2D eigenvalue weighted by Gasteiger charge is -2.03. The zero-order valence-electron chi connectivity index (χ0n) is 11.2. The predicted molar refractivity (Wildman–Crippen MR) is 82.8 cm³/mol. The van der Waals surface area contributed by atoms with Crippen molar-refractivity contribution in [2.45, 2.75) is 0 Å². The summed E-state index contributed by atoms with van der Waals surface area (Å²) in [6, 6.07) is 8.37. The fourth-order valence-electron chi connectivity index (χ4n) is 1.99. The van der Waals surface area contributed by atoms with Crippen molar-refractivity contribution in [3.05, 3.63) is 59.0 Å². The van der Waals surface area contributed by atoms with Crippen molar-refractivity contribution < 1.29 is 9.18 Å². The number of aliphatic imine (C=N–C) groups is 1. The molecular weight excluding hydrogens is 289 g/mol. The van der Waals surface area contributed by atoms with Gasteiger partial charge >= 0.3 is 0 Å². The lowest BCUT2D eigenvalue weighted by atomic mass is 10.3. The fraction of sp³-hybridized carbons (Fsp3) is 0.0667. The zero-order chi connectivity index (χ0) is 14.8. The summed E-state index contributed by atoms with van der Waals surface area (Å²) in [6.45, 7) is 0. The van der Waals surface area contributed by atoms with Crippen LogP contribution in [-0.2, 0) is 4.79 Å². The van der Waals surface area contributed by atoms with Crippen LogP contribution in [0.4, 0.5) is 4.39 Å². The quantitative estimate of drug-likeness (QED) is 0.867. The van der Waals surface area contributed by atoms with Gasteiger partial charge in [0.15, 0.2) is 5.17 Å². The second-order valence-corrected chi connectivity index (χ2v) is 5.43. The SMILES string of the molecule is CN=C1NC(=O)/C(=C/c2ccn(-c3ccccc3F)c2)S1. The Kier molecular flexibility index (Phi) is 3.62. The summed E-state index contributed by atoms with van der Waals surface area (Å²) in [5.41, 5.74) is 1.30. The Morgan fingerprint density at radius 1 is 1.33 bits per heavy atom. The lowest BCUT2D eigenvalue weighted by Crippen LogP contribution is -2.19. The van der Waals surface area contributed by atoms with Gasteiger partial charge in [-0.15, -0.1) is 0 Å². The van der Waals surface area contributed by atoms with Crippen LogP contribution in [0.5, 0.6) is 0 Å². The number of hydrogen-bond acceptors (Lipinski definition) is 3. The molecule has 0 atom stereocenters. The molecule has 1 N–H and O–H groups in total. The van der Waals surface area contributed by atoms with Crippen LogP contribution in [0.1, 0.15) is 5.56 Å². The number of amides is 1. The molecule has 1 aromatic carbocycles. The molecule has 0 radical (unpaired) electrons. The molecule has 0 aliphatic carbocycles. The molecule has 2 heterocycles. The zero-order valence-corrected chi connectivity index (χ0v) is 12.0. The minimum atomic E-state index is -0.291. The molecular formula is C15H12FN3OS. The Morgan fingerprint density at radius 3 is 2.86 bits per heavy atom. The van der Waals surface area contributed by atoms with E-state index in [1.165, 1.54) is 17.8 Å². The average molecular weight is 301 g/mol. The van der Waals surface area contributed by atoms with Crippen molar-refractivity contribution in [2.24, 2.45) is 4.99 Å². The van der Waals surface area contributed by atoms with Gasteiger partial charge in [0.25, 0.3) is 5.91 Å². The van der Waals surface area contributed by atoms with E-state index in [2.05, 4.69) is 10.3 Å². The summed E-state index contributed by atoms with van der Waals surface area (Å²) in [5.74, 6) is -0.458. The first-order valence-electron chi connectivity index (χ1n) is 6.28. The van der Waals surface area contributed by atoms with Crippen LogP contribution in [0.3, 0.4) is 0 Å². The molecule has 0 bridgehead atoms. The summed E-state index contributed by atoms with van der Waals surface area (Å²) in [7, 11) is 1.63. The second kappa shape index (κ2) is 5.57. The van der Waals surface area contributed by atoms with E-state index >= 15 is 0 Å². The molecule has 1 aliphatic heterocycles. The maximum atomic E-state index is 13.7. The first-order valence-corrected chi connectivity index (χ1v) is 7.09. The Hall–Kier alpha value is -2.34. The Bertz CT molecular complexity index is 764. The molecule has 0 unspecified atom stereocenters. The van der Waals surface area contributed by atoms with Gasteiger partial charge in [0, 0.05) is 19.4 Å². The second-order valence-electron chi connectivity index (χ2n) is 4.40. The number of benzene rings is 1. The minimum absolute atomic E-state index is 0.167. The van der Waals surface area contributed by atoms with Crippen LogP contribution in [0.2, 0.25) is 0 Å². The van der Waals surface area contributed by atoms with E-state index in [0.29, 0.717) is 15.8 Å². The van der Waals surface area contributed by atoms with E-state index in [0.717, 1.165) is 5.56 Å². The highest BCUT2D eigenvalue weighted by molar-refractivity contribution is 8.18. The summed E-state index contributed by atoms with van der Waals surface area (Å²) in [5, 5.41) is 3.24. The van der Waals surface area contributed by atoms with Gasteiger partial charge in [0.2, 0.25) is 0 Å². The Morgan fingerprint density at radius 2 is 2.14 bits per heavy atom. The van der Waals surface area contributed by atoms with Crippen LogP contribution in [0.15, 0.2) is 52.6 Å². The van der Waals surface area contributed by atoms with Crippen molar-refractivity contribution in [2.75, 3.05) is 7.05 Å². The van der Waals surface area contributed by atoms with Gasteiger partial charge in [-0.3, -0.25) is 9.79 Å². The third-order valence-corrected chi connectivity index (χ3v) is 4.00. The number of rotatable bonds is 2. The normalized spacial score (nSPS) is 18.5. The van der Waals surface area contributed by atoms with E-state index in [4.69, 9.17) is 0 Å². The Labute approximate surface area is 125 Å². The van der Waals surface area contributed by atoms with Crippen LogP contribution in [0, 0.1) is 5.82 Å². The number of amidine groups is 1. The molecule has 1 aliphatic rings. The first kappa shape index (κ1) is 13.6. The van der Waals surface area contributed by atoms with Crippen molar-refractivity contribution >= 4 is 28.9 Å². The number of halogens is 1. The molecule has 1 aromatic heterocycles. The molecule has 1 amide bonds. The third-order valence-electron chi connectivity index (χ3n) is 3.00. The number of hydrogen-bond donors (Lipinski definition) is 1. The molecule has 3 rings (SSSR count). The van der Waals surface area contributed by atoms with Gasteiger partial charge in [-0.25, -0.2) is 4.39 Å². The maximum absolute atomic E-state index is 13.7. The molecule has 4 nitrogen and oxygen atoms in total. The number of carbonyl (C=O) groups is 1. The molecule has 21 heavy (non-hydrogen) atoms. The molecule has 6 heteroatoms. The van der Waals surface area contributed by atoms with Gasteiger partial charge in [-0.05, 0) is 41.6 Å². The smallest absolute Gasteiger partial charge is 0.264 e. The number of aromatic nitrogens is 1. The number of nitrogens with one attached hydrogen (secondary N) is 1. The minimum Gasteiger partial charge on any atom is -0.321 e. The lowest BCUT2D eigenvalue weighted by molar-refractivity contribution is -0.115. The topological polar surface area (TPSA) is 46.4 Å². The standard InChI is InChI=1S/C15H12FN3OS/c1-17-15-18-14(20)13(21-15)8-10-6-7-19(9-10)12-5-3-2-4-11(12)16/h2-9H,1H3,(H,17,18,20)/b13-8-. The van der Waals surface area contributed by atoms with Crippen LogP contribution in [-0.4, -0.2) is 22.7 Å². The van der Waals surface area contributed by atoms with Crippen molar-refractivity contribution in [3.63, 3.8) is 0 Å². The highest BCUT2D eigenvalue weighted by atomic mass is 32.2. The summed E-state index contributed by atoms with van der Waals surface area (Å²) in [6.07, 6.45) is 5.30. The van der Waals surface area contributed by atoms with E-state index in [1.807, 2.05) is 6.07 Å². The van der Waals surface area contributed by atoms with Crippen molar-refractivity contribution in [3.8, 4) is 5.69 Å². The van der Waals surface area contributed by atoms with Gasteiger partial charge in [0.05, 0.1) is 10.6 Å². The monoisotopic (exact) mass is 301 g/mol. The summed E-state index contributed by atoms with van der Waals surface area (Å²) >= 11 is 1.29. The number of thioether (sulfide) groups is 1. The third kappa shape index (κ3) is 2.75. The van der Waals surface area contributed by atoms with Crippen LogP contribution < -0.4 is 5.32 Å². The molecule has 1 saturated heterocycles. The van der Waals surface area contributed by atoms with Crippen LogP contribution >= 0.6 is 11.8 Å². The summed E-state index contributed by atoms with van der Waals surface area (Å²) in [4.78, 5) is 16.2. The molecule has 0 spiro atoms. The first-order chi connectivity index (χ1) is 10.2. The molecule has 106 valence electrons. The number of carbonyl (C=O) groups excluding carboxylic acids is 1. The van der Waals surface area contributed by atoms with Gasteiger partial charge in [0.1, 0.15) is 5.82 Å². The molecule has 0 saturated carbocycles. The van der Waals surface area contributed by atoms with Crippen molar-refractivity contribution in [1.82, 2.24) is 9.88 Å². The molecule has 2 aromatic rings.